The maximum atomic E-state index is 11.8. The Bertz CT molecular complexity index is 440. The Labute approximate surface area is 113 Å². The van der Waals surface area contributed by atoms with E-state index in [4.69, 9.17) is 4.74 Å². The van der Waals surface area contributed by atoms with E-state index in [0.717, 1.165) is 12.8 Å². The molecule has 4 heteroatoms. The molecule has 1 aromatic rings. The van der Waals surface area contributed by atoms with E-state index in [1.54, 1.807) is 19.1 Å². The van der Waals surface area contributed by atoms with Crippen molar-refractivity contribution >= 4 is 11.8 Å². The topological polar surface area (TPSA) is 63.6 Å². The fraction of sp³-hybridized carbons (Fsp3) is 0.467. The molecule has 0 spiro atoms. The van der Waals surface area contributed by atoms with Crippen molar-refractivity contribution in [2.75, 3.05) is 6.61 Å². The van der Waals surface area contributed by atoms with Crippen molar-refractivity contribution in [2.24, 2.45) is 5.92 Å². The number of Topliss-reactive ketones (excluding diaryl/α,β-unsaturated/α-hetero) is 1. The molecule has 1 rings (SSSR count). The zero-order chi connectivity index (χ0) is 14.3. The van der Waals surface area contributed by atoms with Gasteiger partial charge in [-0.3, -0.25) is 0 Å². The van der Waals surface area contributed by atoms with Gasteiger partial charge in [-0.05, 0) is 31.4 Å². The number of ketones is 1. The first kappa shape index (κ1) is 15.2. The Morgan fingerprint density at radius 1 is 1.32 bits per heavy atom. The number of ether oxygens (including phenoxy) is 1. The van der Waals surface area contributed by atoms with E-state index in [1.165, 1.54) is 12.1 Å². The third kappa shape index (κ3) is 5.12. The fourth-order valence-electron chi connectivity index (χ4n) is 1.73. The van der Waals surface area contributed by atoms with Crippen LogP contribution in [0.25, 0.3) is 0 Å². The number of esters is 1. The van der Waals surface area contributed by atoms with Gasteiger partial charge in [0.1, 0.15) is 17.1 Å². The number of phenols is 1. The maximum Gasteiger partial charge on any atom is 0.341 e. The quantitative estimate of drug-likeness (QED) is 0.769. The molecule has 0 aliphatic carbocycles. The highest BCUT2D eigenvalue weighted by atomic mass is 16.5. The minimum Gasteiger partial charge on any atom is -0.507 e. The Morgan fingerprint density at radius 2 is 2.00 bits per heavy atom. The minimum absolute atomic E-state index is 0.0794. The van der Waals surface area contributed by atoms with Crippen LogP contribution in [0.15, 0.2) is 24.3 Å². The zero-order valence-corrected chi connectivity index (χ0v) is 11.4. The number of benzene rings is 1. The predicted octanol–water partition coefficient (Wildman–Crippen LogP) is 2.94. The first-order valence-electron chi connectivity index (χ1n) is 6.49. The van der Waals surface area contributed by atoms with Crippen molar-refractivity contribution in [3.05, 3.63) is 29.8 Å². The molecule has 0 bridgehead atoms. The number of para-hydroxylation sites is 1. The van der Waals surface area contributed by atoms with Crippen LogP contribution in [0.4, 0.5) is 0 Å². The smallest absolute Gasteiger partial charge is 0.341 e. The number of carbonyl (C=O) groups is 2. The highest BCUT2D eigenvalue weighted by Crippen LogP contribution is 2.18. The molecular formula is C15H20O4. The van der Waals surface area contributed by atoms with Gasteiger partial charge < -0.3 is 14.6 Å². The molecule has 0 saturated heterocycles. The molecule has 0 aliphatic heterocycles. The van der Waals surface area contributed by atoms with E-state index < -0.39 is 5.97 Å². The van der Waals surface area contributed by atoms with Crippen LogP contribution in [0.1, 0.15) is 43.5 Å². The highest BCUT2D eigenvalue weighted by Gasteiger charge is 2.15. The van der Waals surface area contributed by atoms with Crippen molar-refractivity contribution in [1.29, 1.82) is 0 Å². The minimum atomic E-state index is -0.528. The molecule has 0 fully saturated rings. The van der Waals surface area contributed by atoms with Crippen molar-refractivity contribution in [1.82, 2.24) is 0 Å². The molecule has 1 atom stereocenters. The second-order valence-electron chi connectivity index (χ2n) is 4.63. The Hall–Kier alpha value is -1.84. The van der Waals surface area contributed by atoms with Crippen LogP contribution in [0.5, 0.6) is 5.75 Å². The largest absolute Gasteiger partial charge is 0.507 e. The Kier molecular flexibility index (Phi) is 6.06. The maximum absolute atomic E-state index is 11.8. The van der Waals surface area contributed by atoms with Crippen LogP contribution in [0.3, 0.4) is 0 Å². The predicted molar refractivity (Wildman–Crippen MR) is 72.1 cm³/mol. The molecule has 0 heterocycles. The molecule has 4 nitrogen and oxygen atoms in total. The van der Waals surface area contributed by atoms with Crippen molar-refractivity contribution < 1.29 is 19.4 Å². The van der Waals surface area contributed by atoms with Gasteiger partial charge >= 0.3 is 5.97 Å². The summed E-state index contributed by atoms with van der Waals surface area (Å²) in [7, 11) is 0. The van der Waals surface area contributed by atoms with Gasteiger partial charge in [0, 0.05) is 6.42 Å². The number of hydrogen-bond donors (Lipinski definition) is 1. The number of aromatic hydroxyl groups is 1. The summed E-state index contributed by atoms with van der Waals surface area (Å²) in [6, 6.07) is 6.29. The summed E-state index contributed by atoms with van der Waals surface area (Å²) in [5, 5.41) is 9.53. The molecule has 0 radical (unpaired) electrons. The fourth-order valence-corrected chi connectivity index (χ4v) is 1.73. The van der Waals surface area contributed by atoms with Crippen LogP contribution in [-0.4, -0.2) is 23.5 Å². The second kappa shape index (κ2) is 7.56. The zero-order valence-electron chi connectivity index (χ0n) is 11.4. The number of rotatable bonds is 7. The molecule has 1 unspecified atom stereocenters. The Morgan fingerprint density at radius 3 is 2.58 bits per heavy atom. The Balaban J connectivity index is 2.48. The van der Waals surface area contributed by atoms with Crippen molar-refractivity contribution in [2.45, 2.75) is 33.1 Å². The summed E-state index contributed by atoms with van der Waals surface area (Å²) in [6.45, 7) is 3.83. The molecule has 0 aromatic heterocycles. The first-order chi connectivity index (χ1) is 9.04. The van der Waals surface area contributed by atoms with Crippen LogP contribution < -0.4 is 0 Å². The van der Waals surface area contributed by atoms with Gasteiger partial charge in [0.15, 0.2) is 0 Å². The normalized spacial score (nSPS) is 11.9. The molecular weight excluding hydrogens is 244 g/mol. The van der Waals surface area contributed by atoms with Crippen LogP contribution >= 0.6 is 0 Å². The summed E-state index contributed by atoms with van der Waals surface area (Å²) >= 11 is 0. The van der Waals surface area contributed by atoms with Gasteiger partial charge in [0.05, 0.1) is 6.61 Å². The summed E-state index contributed by atoms with van der Waals surface area (Å²) in [6.07, 6.45) is 2.08. The average Bonchev–Trinajstić information content (AvgIpc) is 2.39. The van der Waals surface area contributed by atoms with Gasteiger partial charge in [0.2, 0.25) is 0 Å². The van der Waals surface area contributed by atoms with Crippen molar-refractivity contribution in [3.8, 4) is 5.75 Å². The number of phenolic OH excluding ortho intramolecular Hbond substituents is 1. The molecule has 0 aliphatic rings. The van der Waals surface area contributed by atoms with Gasteiger partial charge in [-0.2, -0.15) is 0 Å². The monoisotopic (exact) mass is 264 g/mol. The van der Waals surface area contributed by atoms with E-state index in [1.807, 2.05) is 6.92 Å². The van der Waals surface area contributed by atoms with Gasteiger partial charge in [-0.25, -0.2) is 4.79 Å². The van der Waals surface area contributed by atoms with E-state index >= 15 is 0 Å². The van der Waals surface area contributed by atoms with E-state index in [0.29, 0.717) is 6.42 Å². The third-order valence-corrected chi connectivity index (χ3v) is 3.06. The van der Waals surface area contributed by atoms with Gasteiger partial charge in [0.25, 0.3) is 0 Å². The lowest BCUT2D eigenvalue weighted by Gasteiger charge is -2.14. The number of carbonyl (C=O) groups excluding carboxylic acids is 2. The lowest BCUT2D eigenvalue weighted by atomic mass is 10.0. The lowest BCUT2D eigenvalue weighted by molar-refractivity contribution is -0.117. The molecule has 19 heavy (non-hydrogen) atoms. The van der Waals surface area contributed by atoms with Crippen LogP contribution in [0.2, 0.25) is 0 Å². The third-order valence-electron chi connectivity index (χ3n) is 3.06. The SMILES string of the molecule is CCC(CCC(C)=O)COC(=O)c1ccccc1O. The van der Waals surface area contributed by atoms with Gasteiger partial charge in [-0.15, -0.1) is 0 Å². The summed E-state index contributed by atoms with van der Waals surface area (Å²) in [4.78, 5) is 22.7. The second-order valence-corrected chi connectivity index (χ2v) is 4.63. The van der Waals surface area contributed by atoms with E-state index in [9.17, 15) is 14.7 Å². The summed E-state index contributed by atoms with van der Waals surface area (Å²) in [5.74, 6) is -0.284. The van der Waals surface area contributed by atoms with Crippen LogP contribution in [0, 0.1) is 5.92 Å². The summed E-state index contributed by atoms with van der Waals surface area (Å²) in [5.41, 5.74) is 0.170. The lowest BCUT2D eigenvalue weighted by Crippen LogP contribution is -2.15. The molecule has 1 N–H and O–H groups in total. The molecule has 1 aromatic carbocycles. The van der Waals surface area contributed by atoms with Crippen molar-refractivity contribution in [3.63, 3.8) is 0 Å². The molecule has 104 valence electrons. The number of hydrogen-bond acceptors (Lipinski definition) is 4. The van der Waals surface area contributed by atoms with Crippen LogP contribution in [-0.2, 0) is 9.53 Å². The highest BCUT2D eigenvalue weighted by molar-refractivity contribution is 5.92. The van der Waals surface area contributed by atoms with E-state index in [-0.39, 0.29) is 29.6 Å². The first-order valence-corrected chi connectivity index (χ1v) is 6.49. The molecule has 0 amide bonds. The summed E-state index contributed by atoms with van der Waals surface area (Å²) < 4.78 is 5.18. The molecule has 0 saturated carbocycles. The van der Waals surface area contributed by atoms with Gasteiger partial charge in [-0.1, -0.05) is 25.5 Å². The average molecular weight is 264 g/mol. The standard InChI is InChI=1S/C15H20O4/c1-3-12(9-8-11(2)16)10-19-15(18)13-6-4-5-7-14(13)17/h4-7,12,17H,3,8-10H2,1-2H3. The van der Waals surface area contributed by atoms with E-state index in [2.05, 4.69) is 0 Å².